The maximum Gasteiger partial charge on any atom is 0.384 e. The minimum atomic E-state index is -0.509. The third kappa shape index (κ3) is 2.98. The largest absolute Gasteiger partial charge is 0.456 e. The van der Waals surface area contributed by atoms with Gasteiger partial charge in [-0.1, -0.05) is 12.0 Å². The number of carbonyl (C=O) groups excluding carboxylic acids is 2. The minimum absolute atomic E-state index is 0.285. The standard InChI is InChI=1S/C15H14O3/c1-2-18-15(17)8-4-11-3-5-13-10-14(16)7-6-12(13)9-11/h3,5,9H,2,6-7,10H2,1H3. The van der Waals surface area contributed by atoms with Gasteiger partial charge in [0.05, 0.1) is 6.61 Å². The van der Waals surface area contributed by atoms with Crippen LogP contribution in [0.1, 0.15) is 30.0 Å². The van der Waals surface area contributed by atoms with Crippen molar-refractivity contribution in [1.82, 2.24) is 0 Å². The van der Waals surface area contributed by atoms with E-state index in [4.69, 9.17) is 4.74 Å². The van der Waals surface area contributed by atoms with E-state index in [0.29, 0.717) is 19.4 Å². The quantitative estimate of drug-likeness (QED) is 0.555. The highest BCUT2D eigenvalue weighted by molar-refractivity contribution is 5.89. The smallest absolute Gasteiger partial charge is 0.384 e. The van der Waals surface area contributed by atoms with Gasteiger partial charge in [0.25, 0.3) is 0 Å². The van der Waals surface area contributed by atoms with E-state index in [9.17, 15) is 9.59 Å². The molecule has 92 valence electrons. The molecular formula is C15H14O3. The van der Waals surface area contributed by atoms with E-state index in [1.54, 1.807) is 6.92 Å². The van der Waals surface area contributed by atoms with Crippen LogP contribution in [0.3, 0.4) is 0 Å². The van der Waals surface area contributed by atoms with Crippen LogP contribution in [0.5, 0.6) is 0 Å². The molecule has 0 fully saturated rings. The van der Waals surface area contributed by atoms with Crippen LogP contribution in [-0.2, 0) is 27.2 Å². The van der Waals surface area contributed by atoms with Crippen molar-refractivity contribution in [2.24, 2.45) is 0 Å². The minimum Gasteiger partial charge on any atom is -0.456 e. The zero-order valence-electron chi connectivity index (χ0n) is 10.3. The first-order chi connectivity index (χ1) is 8.69. The Morgan fingerprint density at radius 3 is 2.94 bits per heavy atom. The summed E-state index contributed by atoms with van der Waals surface area (Å²) < 4.78 is 4.73. The number of aryl methyl sites for hydroxylation is 1. The Morgan fingerprint density at radius 2 is 2.17 bits per heavy atom. The summed E-state index contributed by atoms with van der Waals surface area (Å²) in [4.78, 5) is 22.4. The molecule has 0 atom stereocenters. The predicted octanol–water partition coefficient (Wildman–Crippen LogP) is 1.66. The van der Waals surface area contributed by atoms with Gasteiger partial charge in [-0.15, -0.1) is 0 Å². The fraction of sp³-hybridized carbons (Fsp3) is 0.333. The van der Waals surface area contributed by atoms with Gasteiger partial charge < -0.3 is 4.74 Å². The molecule has 0 heterocycles. The Bertz CT molecular complexity index is 547. The van der Waals surface area contributed by atoms with Crippen LogP contribution in [0.15, 0.2) is 18.2 Å². The van der Waals surface area contributed by atoms with Crippen LogP contribution in [0, 0.1) is 11.8 Å². The summed E-state index contributed by atoms with van der Waals surface area (Å²) in [7, 11) is 0. The number of Topliss-reactive ketones (excluding diaryl/α,β-unsaturated/α-hetero) is 1. The molecule has 0 aromatic heterocycles. The molecular weight excluding hydrogens is 228 g/mol. The molecule has 0 unspecified atom stereocenters. The monoisotopic (exact) mass is 242 g/mol. The lowest BCUT2D eigenvalue weighted by Gasteiger charge is -2.14. The van der Waals surface area contributed by atoms with Gasteiger partial charge in [0.15, 0.2) is 0 Å². The van der Waals surface area contributed by atoms with E-state index in [2.05, 4.69) is 11.8 Å². The van der Waals surface area contributed by atoms with E-state index < -0.39 is 5.97 Å². The van der Waals surface area contributed by atoms with Gasteiger partial charge >= 0.3 is 5.97 Å². The van der Waals surface area contributed by atoms with E-state index in [-0.39, 0.29) is 5.78 Å². The second-order valence-corrected chi connectivity index (χ2v) is 4.17. The lowest BCUT2D eigenvalue weighted by molar-refractivity contribution is -0.136. The van der Waals surface area contributed by atoms with Crippen LogP contribution in [-0.4, -0.2) is 18.4 Å². The number of fused-ring (bicyclic) bond motifs is 1. The SMILES string of the molecule is CCOC(=O)C#Cc1ccc2c(c1)CCC(=O)C2. The maximum absolute atomic E-state index is 11.3. The van der Waals surface area contributed by atoms with Gasteiger partial charge in [-0.3, -0.25) is 4.79 Å². The molecule has 0 radical (unpaired) electrons. The van der Waals surface area contributed by atoms with E-state index in [0.717, 1.165) is 23.1 Å². The second-order valence-electron chi connectivity index (χ2n) is 4.17. The molecule has 0 amide bonds. The summed E-state index contributed by atoms with van der Waals surface area (Å²) in [5, 5.41) is 0. The highest BCUT2D eigenvalue weighted by Crippen LogP contribution is 2.20. The normalized spacial score (nSPS) is 13.3. The second kappa shape index (κ2) is 5.50. The van der Waals surface area contributed by atoms with Gasteiger partial charge in [-0.2, -0.15) is 0 Å². The van der Waals surface area contributed by atoms with Gasteiger partial charge in [0.2, 0.25) is 0 Å². The molecule has 1 aliphatic rings. The summed E-state index contributed by atoms with van der Waals surface area (Å²) in [6.45, 7) is 2.08. The lowest BCUT2D eigenvalue weighted by Crippen LogP contribution is -2.13. The molecule has 0 saturated heterocycles. The predicted molar refractivity (Wildman–Crippen MR) is 67.0 cm³/mol. The fourth-order valence-corrected chi connectivity index (χ4v) is 1.97. The number of ether oxygens (including phenoxy) is 1. The average molecular weight is 242 g/mol. The highest BCUT2D eigenvalue weighted by atomic mass is 16.5. The first kappa shape index (κ1) is 12.4. The molecule has 3 heteroatoms. The van der Waals surface area contributed by atoms with E-state index in [1.807, 2.05) is 18.2 Å². The third-order valence-electron chi connectivity index (χ3n) is 2.85. The van der Waals surface area contributed by atoms with Crippen molar-refractivity contribution in [3.05, 3.63) is 34.9 Å². The van der Waals surface area contributed by atoms with Crippen LogP contribution in [0.25, 0.3) is 0 Å². The molecule has 3 nitrogen and oxygen atoms in total. The summed E-state index contributed by atoms with van der Waals surface area (Å²) in [5.41, 5.74) is 3.02. The lowest BCUT2D eigenvalue weighted by atomic mass is 9.90. The molecule has 18 heavy (non-hydrogen) atoms. The number of benzene rings is 1. The summed E-state index contributed by atoms with van der Waals surface area (Å²) in [6.07, 6.45) is 1.88. The van der Waals surface area contributed by atoms with Gasteiger partial charge in [-0.25, -0.2) is 4.79 Å². The van der Waals surface area contributed by atoms with Gasteiger partial charge in [0.1, 0.15) is 5.78 Å². The van der Waals surface area contributed by atoms with E-state index in [1.165, 1.54) is 0 Å². The van der Waals surface area contributed by atoms with Crippen molar-refractivity contribution in [1.29, 1.82) is 0 Å². The van der Waals surface area contributed by atoms with Crippen LogP contribution >= 0.6 is 0 Å². The van der Waals surface area contributed by atoms with Crippen molar-refractivity contribution < 1.29 is 14.3 Å². The summed E-state index contributed by atoms with van der Waals surface area (Å²) in [6, 6.07) is 5.71. The van der Waals surface area contributed by atoms with Crippen molar-refractivity contribution in [2.45, 2.75) is 26.2 Å². The zero-order chi connectivity index (χ0) is 13.0. The Balaban J connectivity index is 2.17. The Hall–Kier alpha value is -2.08. The first-order valence-electron chi connectivity index (χ1n) is 6.01. The number of carbonyl (C=O) groups is 2. The zero-order valence-corrected chi connectivity index (χ0v) is 10.3. The molecule has 1 aliphatic carbocycles. The molecule has 2 rings (SSSR count). The Labute approximate surface area is 106 Å². The van der Waals surface area contributed by atoms with Crippen molar-refractivity contribution in [3.8, 4) is 11.8 Å². The number of hydrogen-bond donors (Lipinski definition) is 0. The Kier molecular flexibility index (Phi) is 3.78. The molecule has 0 N–H and O–H groups in total. The molecule has 0 bridgehead atoms. The number of esters is 1. The van der Waals surface area contributed by atoms with Gasteiger partial charge in [0, 0.05) is 24.3 Å². The van der Waals surface area contributed by atoms with E-state index >= 15 is 0 Å². The van der Waals surface area contributed by atoms with Crippen molar-refractivity contribution >= 4 is 11.8 Å². The third-order valence-corrected chi connectivity index (χ3v) is 2.85. The molecule has 0 aliphatic heterocycles. The van der Waals surface area contributed by atoms with Crippen LogP contribution in [0.4, 0.5) is 0 Å². The first-order valence-corrected chi connectivity index (χ1v) is 6.01. The van der Waals surface area contributed by atoms with Gasteiger partial charge in [-0.05, 0) is 36.6 Å². The van der Waals surface area contributed by atoms with Crippen molar-refractivity contribution in [2.75, 3.05) is 6.61 Å². The van der Waals surface area contributed by atoms with Crippen LogP contribution in [0.2, 0.25) is 0 Å². The number of hydrogen-bond acceptors (Lipinski definition) is 3. The molecule has 1 aromatic carbocycles. The molecule has 1 aromatic rings. The number of rotatable bonds is 1. The Morgan fingerprint density at radius 1 is 1.33 bits per heavy atom. The maximum atomic E-state index is 11.3. The molecule has 0 saturated carbocycles. The summed E-state index contributed by atoms with van der Waals surface area (Å²) in [5.74, 6) is 4.99. The molecule has 0 spiro atoms. The fourth-order valence-electron chi connectivity index (χ4n) is 1.97. The number of ketones is 1. The topological polar surface area (TPSA) is 43.4 Å². The van der Waals surface area contributed by atoms with Crippen molar-refractivity contribution in [3.63, 3.8) is 0 Å². The summed E-state index contributed by atoms with van der Waals surface area (Å²) >= 11 is 0. The highest BCUT2D eigenvalue weighted by Gasteiger charge is 2.15. The average Bonchev–Trinajstić information content (AvgIpc) is 2.36. The van der Waals surface area contributed by atoms with Crippen LogP contribution < -0.4 is 0 Å².